The lowest BCUT2D eigenvalue weighted by Gasteiger charge is -2.19. The molecule has 8 heteroatoms. The van der Waals surface area contributed by atoms with Gasteiger partial charge < -0.3 is 4.90 Å². The number of amides is 1. The Bertz CT molecular complexity index is 1310. The first-order valence-electron chi connectivity index (χ1n) is 10.6. The molecule has 6 nitrogen and oxygen atoms in total. The summed E-state index contributed by atoms with van der Waals surface area (Å²) in [5, 5.41) is 0. The highest BCUT2D eigenvalue weighted by molar-refractivity contribution is 8.26. The number of rotatable bonds is 4. The average Bonchev–Trinajstić information content (AvgIpc) is 3.41. The van der Waals surface area contributed by atoms with Crippen LogP contribution in [0.2, 0.25) is 0 Å². The number of pyridine rings is 1. The minimum atomic E-state index is -0.176. The summed E-state index contributed by atoms with van der Waals surface area (Å²) >= 11 is 6.73. The Morgan fingerprint density at radius 1 is 1.09 bits per heavy atom. The number of hydrogen-bond acceptors (Lipinski definition) is 6. The van der Waals surface area contributed by atoms with Crippen LogP contribution >= 0.6 is 24.0 Å². The van der Waals surface area contributed by atoms with Crippen LogP contribution in [0.3, 0.4) is 0 Å². The van der Waals surface area contributed by atoms with Gasteiger partial charge in [0.25, 0.3) is 11.5 Å². The quantitative estimate of drug-likeness (QED) is 0.431. The number of hydrogen-bond donors (Lipinski definition) is 0. The van der Waals surface area contributed by atoms with Gasteiger partial charge in [-0.3, -0.25) is 18.9 Å². The molecule has 2 aliphatic rings. The van der Waals surface area contributed by atoms with Crippen molar-refractivity contribution in [1.29, 1.82) is 0 Å². The lowest BCUT2D eigenvalue weighted by atomic mass is 10.2. The number of anilines is 1. The minimum Gasteiger partial charge on any atom is -0.356 e. The molecule has 0 N–H and O–H groups in total. The van der Waals surface area contributed by atoms with Crippen LogP contribution in [0.4, 0.5) is 5.82 Å². The molecule has 2 saturated heterocycles. The zero-order chi connectivity index (χ0) is 22.2. The molecular formula is C24H22N4O2S2. The van der Waals surface area contributed by atoms with E-state index in [1.165, 1.54) is 11.8 Å². The molecule has 0 bridgehead atoms. The fourth-order valence-electron chi connectivity index (χ4n) is 4.08. The van der Waals surface area contributed by atoms with Gasteiger partial charge in [0.2, 0.25) is 0 Å². The fraction of sp³-hybridized carbons (Fsp3) is 0.250. The number of aromatic nitrogens is 2. The summed E-state index contributed by atoms with van der Waals surface area (Å²) in [5.41, 5.74) is 2.85. The Kier molecular flexibility index (Phi) is 5.57. The van der Waals surface area contributed by atoms with Crippen molar-refractivity contribution >= 4 is 51.7 Å². The van der Waals surface area contributed by atoms with E-state index in [9.17, 15) is 9.59 Å². The molecule has 0 radical (unpaired) electrons. The molecule has 0 atom stereocenters. The van der Waals surface area contributed by atoms with Gasteiger partial charge in [-0.2, -0.15) is 0 Å². The third kappa shape index (κ3) is 3.84. The van der Waals surface area contributed by atoms with E-state index in [0.717, 1.165) is 37.1 Å². The van der Waals surface area contributed by atoms with Crippen molar-refractivity contribution in [2.24, 2.45) is 0 Å². The van der Waals surface area contributed by atoms with Crippen LogP contribution < -0.4 is 10.5 Å². The van der Waals surface area contributed by atoms with Gasteiger partial charge >= 0.3 is 0 Å². The number of carbonyl (C=O) groups is 1. The van der Waals surface area contributed by atoms with Crippen molar-refractivity contribution in [2.45, 2.75) is 26.3 Å². The lowest BCUT2D eigenvalue weighted by molar-refractivity contribution is -0.122. The van der Waals surface area contributed by atoms with Crippen LogP contribution in [0, 0.1) is 6.92 Å². The van der Waals surface area contributed by atoms with E-state index in [2.05, 4.69) is 4.90 Å². The molecule has 0 saturated carbocycles. The van der Waals surface area contributed by atoms with Crippen LogP contribution in [0.25, 0.3) is 11.7 Å². The maximum Gasteiger partial charge on any atom is 0.267 e. The lowest BCUT2D eigenvalue weighted by Crippen LogP contribution is -2.28. The Morgan fingerprint density at radius 3 is 2.59 bits per heavy atom. The molecule has 3 aromatic rings. The van der Waals surface area contributed by atoms with Gasteiger partial charge in [0, 0.05) is 19.3 Å². The molecule has 0 unspecified atom stereocenters. The van der Waals surface area contributed by atoms with Gasteiger partial charge in [-0.1, -0.05) is 60.4 Å². The predicted molar refractivity (Wildman–Crippen MR) is 133 cm³/mol. The van der Waals surface area contributed by atoms with E-state index < -0.39 is 0 Å². The number of benzene rings is 1. The van der Waals surface area contributed by atoms with Gasteiger partial charge in [0.1, 0.15) is 15.8 Å². The largest absolute Gasteiger partial charge is 0.356 e. The molecule has 162 valence electrons. The summed E-state index contributed by atoms with van der Waals surface area (Å²) in [4.78, 5) is 35.7. The second-order valence-electron chi connectivity index (χ2n) is 8.04. The average molecular weight is 463 g/mol. The highest BCUT2D eigenvalue weighted by atomic mass is 32.2. The Labute approximate surface area is 195 Å². The second kappa shape index (κ2) is 8.52. The Hall–Kier alpha value is -2.97. The summed E-state index contributed by atoms with van der Waals surface area (Å²) in [6.45, 7) is 4.05. The molecule has 1 aromatic carbocycles. The van der Waals surface area contributed by atoms with Gasteiger partial charge in [0.05, 0.1) is 17.0 Å². The van der Waals surface area contributed by atoms with Crippen LogP contribution in [-0.2, 0) is 11.3 Å². The van der Waals surface area contributed by atoms with Crippen molar-refractivity contribution in [1.82, 2.24) is 14.3 Å². The first-order valence-corrected chi connectivity index (χ1v) is 11.8. The van der Waals surface area contributed by atoms with E-state index >= 15 is 0 Å². The highest BCUT2D eigenvalue weighted by Crippen LogP contribution is 2.34. The minimum absolute atomic E-state index is 0.172. The second-order valence-corrected chi connectivity index (χ2v) is 9.71. The van der Waals surface area contributed by atoms with Gasteiger partial charge in [0.15, 0.2) is 0 Å². The monoisotopic (exact) mass is 462 g/mol. The summed E-state index contributed by atoms with van der Waals surface area (Å²) in [7, 11) is 0. The van der Waals surface area contributed by atoms with Crippen LogP contribution in [0.15, 0.2) is 58.4 Å². The molecule has 0 spiro atoms. The molecular weight excluding hydrogens is 440 g/mol. The van der Waals surface area contributed by atoms with Gasteiger partial charge in [-0.05, 0) is 43.0 Å². The standard InChI is InChI=1S/C24H22N4O2S2/c1-16-9-10-20-25-21(26-11-5-6-12-26)18(22(29)27(20)14-16)13-19-23(30)28(24(31)32-19)15-17-7-3-2-4-8-17/h2-4,7-10,13-14H,5-6,11-12,15H2,1H3/b19-13+. The summed E-state index contributed by atoms with van der Waals surface area (Å²) in [6, 6.07) is 13.6. The Morgan fingerprint density at radius 2 is 1.84 bits per heavy atom. The molecule has 1 amide bonds. The van der Waals surface area contributed by atoms with E-state index in [-0.39, 0.29) is 11.5 Å². The Balaban J connectivity index is 1.58. The van der Waals surface area contributed by atoms with Crippen molar-refractivity contribution in [3.63, 3.8) is 0 Å². The van der Waals surface area contributed by atoms with Gasteiger partial charge in [-0.15, -0.1) is 0 Å². The van der Waals surface area contributed by atoms with Crippen LogP contribution in [-0.4, -0.2) is 37.6 Å². The van der Waals surface area contributed by atoms with E-state index in [4.69, 9.17) is 17.2 Å². The van der Waals surface area contributed by atoms with E-state index in [1.54, 1.807) is 21.6 Å². The van der Waals surface area contributed by atoms with Crippen LogP contribution in [0.5, 0.6) is 0 Å². The predicted octanol–water partition coefficient (Wildman–Crippen LogP) is 4.00. The molecule has 32 heavy (non-hydrogen) atoms. The number of fused-ring (bicyclic) bond motifs is 1. The number of carbonyl (C=O) groups excluding carboxylic acids is 1. The van der Waals surface area contributed by atoms with Crippen molar-refractivity contribution in [3.8, 4) is 0 Å². The number of thioether (sulfide) groups is 1. The van der Waals surface area contributed by atoms with E-state index in [1.807, 2.05) is 49.4 Å². The molecule has 2 aromatic heterocycles. The SMILES string of the molecule is Cc1ccc2nc(N3CCCC3)c(/C=C3/SC(=S)N(Cc4ccccc4)C3=O)c(=O)n2c1. The normalized spacial score (nSPS) is 17.8. The molecule has 0 aliphatic carbocycles. The topological polar surface area (TPSA) is 57.9 Å². The third-order valence-electron chi connectivity index (χ3n) is 5.72. The molecule has 2 aliphatic heterocycles. The molecule has 2 fully saturated rings. The third-order valence-corrected chi connectivity index (χ3v) is 7.10. The zero-order valence-corrected chi connectivity index (χ0v) is 19.3. The summed E-state index contributed by atoms with van der Waals surface area (Å²) in [6.07, 6.45) is 5.60. The van der Waals surface area contributed by atoms with Gasteiger partial charge in [-0.25, -0.2) is 4.98 Å². The van der Waals surface area contributed by atoms with Crippen LogP contribution in [0.1, 0.15) is 29.5 Å². The number of thiocarbonyl (C=S) groups is 1. The maximum absolute atomic E-state index is 13.5. The summed E-state index contributed by atoms with van der Waals surface area (Å²) in [5.74, 6) is 0.467. The van der Waals surface area contributed by atoms with Crippen molar-refractivity contribution < 1.29 is 4.79 Å². The van der Waals surface area contributed by atoms with Crippen molar-refractivity contribution in [2.75, 3.05) is 18.0 Å². The zero-order valence-electron chi connectivity index (χ0n) is 17.7. The fourth-order valence-corrected chi connectivity index (χ4v) is 5.31. The maximum atomic E-state index is 13.5. The summed E-state index contributed by atoms with van der Waals surface area (Å²) < 4.78 is 2.06. The highest BCUT2D eigenvalue weighted by Gasteiger charge is 2.33. The first kappa shape index (κ1) is 20.9. The number of aryl methyl sites for hydroxylation is 1. The smallest absolute Gasteiger partial charge is 0.267 e. The molecule has 5 rings (SSSR count). The van der Waals surface area contributed by atoms with E-state index in [0.29, 0.717) is 32.8 Å². The number of nitrogens with zero attached hydrogens (tertiary/aromatic N) is 4. The molecule has 4 heterocycles. The van der Waals surface area contributed by atoms with Crippen molar-refractivity contribution in [3.05, 3.63) is 80.6 Å². The first-order chi connectivity index (χ1) is 15.5.